The molecule has 2 aromatic carbocycles. The molecule has 0 radical (unpaired) electrons. The Bertz CT molecular complexity index is 793. The van der Waals surface area contributed by atoms with Gasteiger partial charge in [-0.1, -0.05) is 56.7 Å². The zero-order valence-corrected chi connectivity index (χ0v) is 18.6. The zero-order chi connectivity index (χ0) is 21.9. The maximum Gasteiger partial charge on any atom is 0.234 e. The Morgan fingerprint density at radius 3 is 2.57 bits per heavy atom. The predicted octanol–water partition coefficient (Wildman–Crippen LogP) is 3.79. The second kappa shape index (κ2) is 12.4. The van der Waals surface area contributed by atoms with Gasteiger partial charge in [0.25, 0.3) is 0 Å². The van der Waals surface area contributed by atoms with E-state index in [1.54, 1.807) is 6.07 Å². The van der Waals surface area contributed by atoms with Gasteiger partial charge in [0.15, 0.2) is 0 Å². The highest BCUT2D eigenvalue weighted by atomic mass is 16.3. The minimum Gasteiger partial charge on any atom is -0.508 e. The second-order valence-electron chi connectivity index (χ2n) is 7.99. The third-order valence-electron chi connectivity index (χ3n) is 5.58. The van der Waals surface area contributed by atoms with Crippen molar-refractivity contribution in [2.24, 2.45) is 5.73 Å². The summed E-state index contributed by atoms with van der Waals surface area (Å²) in [6.45, 7) is 8.44. The number of amides is 1. The quantitative estimate of drug-likeness (QED) is 0.497. The first-order valence-electron chi connectivity index (χ1n) is 11.0. The Kier molecular flexibility index (Phi) is 9.84. The van der Waals surface area contributed by atoms with Crippen molar-refractivity contribution >= 4 is 5.91 Å². The van der Waals surface area contributed by atoms with E-state index in [0.717, 1.165) is 24.8 Å². The number of aromatic hydroxyl groups is 1. The summed E-state index contributed by atoms with van der Waals surface area (Å²) >= 11 is 0. The van der Waals surface area contributed by atoms with E-state index in [1.165, 1.54) is 11.1 Å². The van der Waals surface area contributed by atoms with Crippen LogP contribution in [0.3, 0.4) is 0 Å². The molecule has 2 aromatic rings. The molecule has 30 heavy (non-hydrogen) atoms. The maximum atomic E-state index is 12.7. The maximum absolute atomic E-state index is 12.7. The predicted molar refractivity (Wildman–Crippen MR) is 124 cm³/mol. The highest BCUT2D eigenvalue weighted by Crippen LogP contribution is 2.30. The number of nitrogens with two attached hydrogens (primary N) is 1. The Hall–Kier alpha value is -2.37. The number of nitrogens with one attached hydrogen (secondary N) is 1. The summed E-state index contributed by atoms with van der Waals surface area (Å²) in [4.78, 5) is 14.8. The lowest BCUT2D eigenvalue weighted by Gasteiger charge is -2.29. The molecule has 0 fully saturated rings. The first-order valence-corrected chi connectivity index (χ1v) is 11.0. The minimum absolute atomic E-state index is 0.0373. The van der Waals surface area contributed by atoms with Gasteiger partial charge >= 0.3 is 0 Å². The van der Waals surface area contributed by atoms with Crippen LogP contribution in [0.2, 0.25) is 0 Å². The molecular weight excluding hydrogens is 374 g/mol. The van der Waals surface area contributed by atoms with E-state index in [2.05, 4.69) is 43.1 Å². The van der Waals surface area contributed by atoms with Crippen LogP contribution in [-0.2, 0) is 4.79 Å². The minimum atomic E-state index is 0.0373. The molecular formula is C25H37N3O2. The molecule has 164 valence electrons. The molecule has 0 saturated carbocycles. The lowest BCUT2D eigenvalue weighted by atomic mass is 9.88. The van der Waals surface area contributed by atoms with Crippen LogP contribution >= 0.6 is 0 Å². The number of aryl methyl sites for hydroxylation is 1. The molecule has 2 rings (SSSR count). The van der Waals surface area contributed by atoms with Crippen molar-refractivity contribution in [3.63, 3.8) is 0 Å². The van der Waals surface area contributed by atoms with Gasteiger partial charge in [-0.15, -0.1) is 0 Å². The van der Waals surface area contributed by atoms with Gasteiger partial charge in [-0.3, -0.25) is 9.69 Å². The number of nitrogens with zero attached hydrogens (tertiary/aromatic N) is 1. The van der Waals surface area contributed by atoms with Crippen molar-refractivity contribution in [2.75, 3.05) is 26.2 Å². The van der Waals surface area contributed by atoms with Gasteiger partial charge in [0.05, 0.1) is 6.54 Å². The summed E-state index contributed by atoms with van der Waals surface area (Å²) in [7, 11) is 0. The van der Waals surface area contributed by atoms with E-state index < -0.39 is 0 Å². The van der Waals surface area contributed by atoms with Crippen molar-refractivity contribution in [1.29, 1.82) is 0 Å². The number of hydrogen-bond acceptors (Lipinski definition) is 4. The fraction of sp³-hybridized carbons (Fsp3) is 0.480. The first kappa shape index (κ1) is 23.9. The molecule has 0 spiro atoms. The van der Waals surface area contributed by atoms with E-state index in [9.17, 15) is 9.90 Å². The molecule has 2 atom stereocenters. The molecule has 2 unspecified atom stereocenters. The lowest BCUT2D eigenvalue weighted by molar-refractivity contribution is -0.123. The summed E-state index contributed by atoms with van der Waals surface area (Å²) in [6.07, 6.45) is 2.98. The number of benzene rings is 2. The molecule has 5 nitrogen and oxygen atoms in total. The highest BCUT2D eigenvalue weighted by molar-refractivity contribution is 5.78. The van der Waals surface area contributed by atoms with Crippen LogP contribution in [0.25, 0.3) is 0 Å². The normalized spacial score (nSPS) is 13.2. The number of hydrogen-bond donors (Lipinski definition) is 3. The lowest BCUT2D eigenvalue weighted by Crippen LogP contribution is -2.44. The Morgan fingerprint density at radius 2 is 1.93 bits per heavy atom. The molecule has 0 aliphatic carbocycles. The number of phenolic OH excluding ortho intramolecular Hbond substituents is 1. The summed E-state index contributed by atoms with van der Waals surface area (Å²) in [5, 5.41) is 13.2. The molecule has 1 amide bonds. The molecule has 0 aliphatic heterocycles. The Labute approximate surface area is 181 Å². The molecule has 0 aliphatic rings. The van der Waals surface area contributed by atoms with E-state index >= 15 is 0 Å². The fourth-order valence-electron chi connectivity index (χ4n) is 3.98. The van der Waals surface area contributed by atoms with Gasteiger partial charge < -0.3 is 16.2 Å². The monoisotopic (exact) mass is 411 g/mol. The SMILES string of the molecule is CCCC(CC)NC(=O)CN(CCN)CC(c1cccc(O)c1)c1ccccc1C. The van der Waals surface area contributed by atoms with Crippen molar-refractivity contribution in [1.82, 2.24) is 10.2 Å². The molecule has 0 saturated heterocycles. The Morgan fingerprint density at radius 1 is 1.17 bits per heavy atom. The summed E-state index contributed by atoms with van der Waals surface area (Å²) in [6, 6.07) is 15.9. The van der Waals surface area contributed by atoms with Gasteiger partial charge in [0.2, 0.25) is 5.91 Å². The van der Waals surface area contributed by atoms with Gasteiger partial charge in [0.1, 0.15) is 5.75 Å². The van der Waals surface area contributed by atoms with Crippen LogP contribution in [0.4, 0.5) is 0 Å². The van der Waals surface area contributed by atoms with Crippen LogP contribution < -0.4 is 11.1 Å². The van der Waals surface area contributed by atoms with E-state index in [1.807, 2.05) is 30.3 Å². The fourth-order valence-corrected chi connectivity index (χ4v) is 3.98. The topological polar surface area (TPSA) is 78.6 Å². The molecule has 4 N–H and O–H groups in total. The van der Waals surface area contributed by atoms with Crippen LogP contribution in [0, 0.1) is 6.92 Å². The van der Waals surface area contributed by atoms with Crippen LogP contribution in [0.15, 0.2) is 48.5 Å². The van der Waals surface area contributed by atoms with E-state index in [-0.39, 0.29) is 23.6 Å². The standard InChI is InChI=1S/C25H37N3O2/c1-4-9-21(5-2)27-25(30)18-28(15-14-26)17-24(20-11-8-12-22(29)16-20)23-13-7-6-10-19(23)3/h6-8,10-13,16,21,24,29H,4-5,9,14-15,17-18,26H2,1-3H3,(H,27,30). The number of carbonyl (C=O) groups is 1. The molecule has 5 heteroatoms. The summed E-state index contributed by atoms with van der Waals surface area (Å²) < 4.78 is 0. The van der Waals surface area contributed by atoms with Crippen molar-refractivity contribution in [3.8, 4) is 5.75 Å². The van der Waals surface area contributed by atoms with Gasteiger partial charge in [0, 0.05) is 31.6 Å². The third kappa shape index (κ3) is 7.15. The van der Waals surface area contributed by atoms with Gasteiger partial charge in [-0.05, 0) is 48.6 Å². The van der Waals surface area contributed by atoms with Crippen LogP contribution in [0.5, 0.6) is 5.75 Å². The summed E-state index contributed by atoms with van der Waals surface area (Å²) in [5.74, 6) is 0.331. The molecule has 0 aromatic heterocycles. The third-order valence-corrected chi connectivity index (χ3v) is 5.58. The number of phenols is 1. The van der Waals surface area contributed by atoms with Gasteiger partial charge in [-0.25, -0.2) is 0 Å². The largest absolute Gasteiger partial charge is 0.508 e. The average Bonchev–Trinajstić information content (AvgIpc) is 2.72. The first-order chi connectivity index (χ1) is 14.5. The Balaban J connectivity index is 2.24. The van der Waals surface area contributed by atoms with Gasteiger partial charge in [-0.2, -0.15) is 0 Å². The van der Waals surface area contributed by atoms with Crippen LogP contribution in [0.1, 0.15) is 55.7 Å². The van der Waals surface area contributed by atoms with E-state index in [4.69, 9.17) is 5.73 Å². The number of rotatable bonds is 12. The van der Waals surface area contributed by atoms with Crippen LogP contribution in [-0.4, -0.2) is 48.1 Å². The van der Waals surface area contributed by atoms with Crippen molar-refractivity contribution < 1.29 is 9.90 Å². The highest BCUT2D eigenvalue weighted by Gasteiger charge is 2.22. The summed E-state index contributed by atoms with van der Waals surface area (Å²) in [5.41, 5.74) is 9.29. The van der Waals surface area contributed by atoms with Crippen molar-refractivity contribution in [2.45, 2.75) is 52.0 Å². The smallest absolute Gasteiger partial charge is 0.234 e. The average molecular weight is 412 g/mol. The molecule has 0 heterocycles. The molecule has 0 bridgehead atoms. The zero-order valence-electron chi connectivity index (χ0n) is 18.6. The second-order valence-corrected chi connectivity index (χ2v) is 7.99. The van der Waals surface area contributed by atoms with Crippen molar-refractivity contribution in [3.05, 3.63) is 65.2 Å². The van der Waals surface area contributed by atoms with E-state index in [0.29, 0.717) is 26.2 Å². The number of carbonyl (C=O) groups excluding carboxylic acids is 1.